The molecule has 0 saturated carbocycles. The maximum Gasteiger partial charge on any atom is 0.186 e. The topological polar surface area (TPSA) is 79.2 Å². The second kappa shape index (κ2) is 2.40. The van der Waals surface area contributed by atoms with Crippen LogP contribution in [-0.2, 0) is 9.47 Å². The molecule has 5 nitrogen and oxygen atoms in total. The molecule has 64 valence electrons. The summed E-state index contributed by atoms with van der Waals surface area (Å²) in [4.78, 5) is 0. The van der Waals surface area contributed by atoms with Crippen LogP contribution >= 0.6 is 0 Å². The molecule has 0 spiro atoms. The zero-order valence-corrected chi connectivity index (χ0v) is 5.75. The Morgan fingerprint density at radius 3 is 2.45 bits per heavy atom. The number of aliphatic hydroxyl groups excluding tert-OH is 3. The number of ether oxygens (including phenoxy) is 2. The van der Waals surface area contributed by atoms with Crippen molar-refractivity contribution in [2.45, 2.75) is 30.7 Å². The quantitative estimate of drug-likeness (QED) is 0.377. The second-order valence-electron chi connectivity index (χ2n) is 2.85. The highest BCUT2D eigenvalue weighted by Crippen LogP contribution is 2.27. The van der Waals surface area contributed by atoms with Gasteiger partial charge < -0.3 is 24.8 Å². The van der Waals surface area contributed by atoms with E-state index in [4.69, 9.17) is 14.6 Å². The second-order valence-corrected chi connectivity index (χ2v) is 2.85. The van der Waals surface area contributed by atoms with Gasteiger partial charge in [-0.25, -0.2) is 0 Å². The van der Waals surface area contributed by atoms with E-state index in [0.29, 0.717) is 0 Å². The van der Waals surface area contributed by atoms with Gasteiger partial charge in [-0.3, -0.25) is 0 Å². The molecule has 2 heterocycles. The summed E-state index contributed by atoms with van der Waals surface area (Å²) in [6.07, 6.45) is -4.58. The molecule has 5 atom stereocenters. The van der Waals surface area contributed by atoms with Crippen LogP contribution in [0.1, 0.15) is 0 Å². The highest BCUT2D eigenvalue weighted by atomic mass is 16.7. The molecule has 2 fully saturated rings. The van der Waals surface area contributed by atoms with Crippen LogP contribution in [-0.4, -0.2) is 52.6 Å². The van der Waals surface area contributed by atoms with Crippen molar-refractivity contribution in [3.8, 4) is 0 Å². The summed E-state index contributed by atoms with van der Waals surface area (Å²) in [6, 6.07) is 0. The molecule has 2 saturated heterocycles. The summed E-state index contributed by atoms with van der Waals surface area (Å²) in [6.45, 7) is 0.236. The van der Waals surface area contributed by atoms with E-state index in [1.807, 2.05) is 0 Å². The Morgan fingerprint density at radius 1 is 1.00 bits per heavy atom. The highest BCUT2D eigenvalue weighted by Gasteiger charge is 2.48. The minimum Gasteiger partial charge on any atom is -0.387 e. The first kappa shape index (κ1) is 7.45. The van der Waals surface area contributed by atoms with Crippen molar-refractivity contribution in [1.82, 2.24) is 0 Å². The molecule has 2 rings (SSSR count). The molecule has 0 amide bonds. The maximum atomic E-state index is 9.22. The van der Waals surface area contributed by atoms with E-state index in [1.165, 1.54) is 0 Å². The number of rotatable bonds is 0. The average molecular weight is 162 g/mol. The molecule has 0 radical (unpaired) electrons. The minimum atomic E-state index is -1.15. The van der Waals surface area contributed by atoms with Crippen molar-refractivity contribution < 1.29 is 24.8 Å². The fraction of sp³-hybridized carbons (Fsp3) is 1.00. The Morgan fingerprint density at radius 2 is 1.73 bits per heavy atom. The van der Waals surface area contributed by atoms with Gasteiger partial charge in [0.1, 0.15) is 24.4 Å². The molecule has 2 bridgehead atoms. The predicted octanol–water partition coefficient (Wildman–Crippen LogP) is -2.18. The molecular formula is C6H10O5. The summed E-state index contributed by atoms with van der Waals surface area (Å²) >= 11 is 0. The van der Waals surface area contributed by atoms with Gasteiger partial charge in [-0.05, 0) is 0 Å². The van der Waals surface area contributed by atoms with Crippen molar-refractivity contribution in [2.24, 2.45) is 0 Å². The molecule has 2 aliphatic rings. The van der Waals surface area contributed by atoms with Crippen molar-refractivity contribution in [1.29, 1.82) is 0 Å². The van der Waals surface area contributed by atoms with E-state index in [-0.39, 0.29) is 6.61 Å². The number of aliphatic hydroxyl groups is 3. The molecule has 0 aromatic carbocycles. The lowest BCUT2D eigenvalue weighted by atomic mass is 10.0. The normalized spacial score (nSPS) is 56.5. The SMILES string of the molecule is OC1[C@@H]2OCC(O2)[C@H](O)[C@@H]1O. The molecule has 2 unspecified atom stereocenters. The summed E-state index contributed by atoms with van der Waals surface area (Å²) in [7, 11) is 0. The first-order chi connectivity index (χ1) is 5.20. The average Bonchev–Trinajstić information content (AvgIpc) is 2.44. The van der Waals surface area contributed by atoms with Crippen LogP contribution in [0.2, 0.25) is 0 Å². The van der Waals surface area contributed by atoms with Crippen LogP contribution in [0, 0.1) is 0 Å². The van der Waals surface area contributed by atoms with Gasteiger partial charge in [0.2, 0.25) is 0 Å². The van der Waals surface area contributed by atoms with Crippen LogP contribution < -0.4 is 0 Å². The lowest BCUT2D eigenvalue weighted by molar-refractivity contribution is -0.228. The zero-order valence-electron chi connectivity index (χ0n) is 5.75. The van der Waals surface area contributed by atoms with E-state index in [9.17, 15) is 10.2 Å². The fourth-order valence-electron chi connectivity index (χ4n) is 1.38. The van der Waals surface area contributed by atoms with Gasteiger partial charge >= 0.3 is 0 Å². The molecule has 5 heteroatoms. The Kier molecular flexibility index (Phi) is 1.62. The first-order valence-corrected chi connectivity index (χ1v) is 3.51. The van der Waals surface area contributed by atoms with Crippen LogP contribution in [0.4, 0.5) is 0 Å². The minimum absolute atomic E-state index is 0.236. The zero-order chi connectivity index (χ0) is 8.01. The third-order valence-electron chi connectivity index (χ3n) is 2.09. The van der Waals surface area contributed by atoms with Crippen LogP contribution in [0.5, 0.6) is 0 Å². The molecule has 2 aliphatic heterocycles. The van der Waals surface area contributed by atoms with Gasteiger partial charge in [-0.2, -0.15) is 0 Å². The Labute approximate surface area is 63.2 Å². The van der Waals surface area contributed by atoms with Crippen molar-refractivity contribution >= 4 is 0 Å². The third kappa shape index (κ3) is 0.969. The van der Waals surface area contributed by atoms with Gasteiger partial charge in [0.15, 0.2) is 6.29 Å². The van der Waals surface area contributed by atoms with E-state index >= 15 is 0 Å². The van der Waals surface area contributed by atoms with E-state index in [0.717, 1.165) is 0 Å². The fourth-order valence-corrected chi connectivity index (χ4v) is 1.38. The maximum absolute atomic E-state index is 9.22. The number of hydrogen-bond acceptors (Lipinski definition) is 5. The van der Waals surface area contributed by atoms with Gasteiger partial charge in [0.05, 0.1) is 6.61 Å². The van der Waals surface area contributed by atoms with Crippen molar-refractivity contribution in [3.05, 3.63) is 0 Å². The summed E-state index contributed by atoms with van der Waals surface area (Å²) in [5.41, 5.74) is 0. The van der Waals surface area contributed by atoms with Crippen LogP contribution in [0.3, 0.4) is 0 Å². The molecular weight excluding hydrogens is 152 g/mol. The van der Waals surface area contributed by atoms with Crippen LogP contribution in [0.15, 0.2) is 0 Å². The van der Waals surface area contributed by atoms with E-state index in [2.05, 4.69) is 0 Å². The highest BCUT2D eigenvalue weighted by molar-refractivity contribution is 4.92. The monoisotopic (exact) mass is 162 g/mol. The van der Waals surface area contributed by atoms with Crippen molar-refractivity contribution in [3.63, 3.8) is 0 Å². The third-order valence-corrected chi connectivity index (χ3v) is 2.09. The number of fused-ring (bicyclic) bond motifs is 2. The molecule has 3 N–H and O–H groups in total. The lowest BCUT2D eigenvalue weighted by Gasteiger charge is -2.32. The predicted molar refractivity (Wildman–Crippen MR) is 32.6 cm³/mol. The van der Waals surface area contributed by atoms with Crippen LogP contribution in [0.25, 0.3) is 0 Å². The van der Waals surface area contributed by atoms with E-state index in [1.54, 1.807) is 0 Å². The van der Waals surface area contributed by atoms with Gasteiger partial charge in [-0.15, -0.1) is 0 Å². The largest absolute Gasteiger partial charge is 0.387 e. The summed E-state index contributed by atoms with van der Waals surface area (Å²) in [5.74, 6) is 0. The number of hydrogen-bond donors (Lipinski definition) is 3. The van der Waals surface area contributed by atoms with E-state index < -0.39 is 30.7 Å². The van der Waals surface area contributed by atoms with Gasteiger partial charge in [0, 0.05) is 0 Å². The summed E-state index contributed by atoms with van der Waals surface area (Å²) in [5, 5.41) is 27.6. The molecule has 0 aromatic rings. The Hall–Kier alpha value is -0.200. The molecule has 11 heavy (non-hydrogen) atoms. The standard InChI is InChI=1S/C6H10O5/c7-3-2-1-10-6(11-2)5(9)4(3)8/h2-9H,1H2/t2?,3-,4-,5?,6+/m0/s1. The Bertz CT molecular complexity index is 141. The first-order valence-electron chi connectivity index (χ1n) is 3.51. The molecule has 0 aliphatic carbocycles. The summed E-state index contributed by atoms with van der Waals surface area (Å²) < 4.78 is 9.95. The lowest BCUT2D eigenvalue weighted by Crippen LogP contribution is -2.53. The van der Waals surface area contributed by atoms with Gasteiger partial charge in [0.25, 0.3) is 0 Å². The smallest absolute Gasteiger partial charge is 0.186 e. The molecule has 0 aromatic heterocycles. The van der Waals surface area contributed by atoms with Gasteiger partial charge in [-0.1, -0.05) is 0 Å². The van der Waals surface area contributed by atoms with Crippen molar-refractivity contribution in [2.75, 3.05) is 6.61 Å². The Balaban J connectivity index is 2.16.